The van der Waals surface area contributed by atoms with Crippen LogP contribution >= 0.6 is 23.2 Å². The molecule has 0 saturated carbocycles. The molecular weight excluding hydrogens is 397 g/mol. The van der Waals surface area contributed by atoms with Crippen LogP contribution < -0.4 is 11.1 Å². The fraction of sp³-hybridized carbons (Fsp3) is 0.250. The Morgan fingerprint density at radius 2 is 2.00 bits per heavy atom. The number of imidazole rings is 1. The molecule has 1 aromatic heterocycles. The van der Waals surface area contributed by atoms with Crippen molar-refractivity contribution >= 4 is 46.0 Å². The highest BCUT2D eigenvalue weighted by Crippen LogP contribution is 2.28. The van der Waals surface area contributed by atoms with Crippen LogP contribution in [0, 0.1) is 0 Å². The lowest BCUT2D eigenvalue weighted by Crippen LogP contribution is -2.28. The molecular formula is C20H21Cl2N5O. The predicted molar refractivity (Wildman–Crippen MR) is 115 cm³/mol. The van der Waals surface area contributed by atoms with Crippen molar-refractivity contribution in [2.45, 2.75) is 26.3 Å². The van der Waals surface area contributed by atoms with Crippen LogP contribution in [0.3, 0.4) is 0 Å². The lowest BCUT2D eigenvalue weighted by molar-refractivity contribution is 0.0955. The van der Waals surface area contributed by atoms with Crippen molar-refractivity contribution in [3.05, 3.63) is 52.0 Å². The van der Waals surface area contributed by atoms with Gasteiger partial charge in [0, 0.05) is 30.1 Å². The number of carbonyl (C=O) groups excluding carboxylic acids is 1. The maximum absolute atomic E-state index is 12.4. The van der Waals surface area contributed by atoms with Gasteiger partial charge in [-0.1, -0.05) is 23.2 Å². The monoisotopic (exact) mass is 417 g/mol. The molecule has 146 valence electrons. The number of nitrogens with zero attached hydrogens (tertiary/aromatic N) is 2. The zero-order chi connectivity index (χ0) is 20.3. The Kier molecular flexibility index (Phi) is 6.21. The number of hydrogen-bond donors (Lipinski definition) is 3. The number of nitrogens with two attached hydrogens (primary N) is 1. The van der Waals surface area contributed by atoms with Crippen molar-refractivity contribution in [1.82, 2.24) is 15.3 Å². The second kappa shape index (κ2) is 8.63. The fourth-order valence-corrected chi connectivity index (χ4v) is 3.03. The Labute approximate surface area is 173 Å². The largest absolute Gasteiger partial charge is 0.387 e. The summed E-state index contributed by atoms with van der Waals surface area (Å²) in [6, 6.07) is 10.8. The number of amides is 1. The van der Waals surface area contributed by atoms with E-state index < -0.39 is 0 Å². The Morgan fingerprint density at radius 3 is 2.71 bits per heavy atom. The Hall–Kier alpha value is -2.57. The molecule has 0 aliphatic carbocycles. The van der Waals surface area contributed by atoms with Gasteiger partial charge in [-0.05, 0) is 50.2 Å². The molecule has 0 saturated heterocycles. The van der Waals surface area contributed by atoms with Gasteiger partial charge in [0.25, 0.3) is 5.91 Å². The van der Waals surface area contributed by atoms with Crippen molar-refractivity contribution in [2.24, 2.45) is 10.7 Å². The topological polar surface area (TPSA) is 96.2 Å². The van der Waals surface area contributed by atoms with E-state index in [4.69, 9.17) is 28.9 Å². The third-order valence-electron chi connectivity index (χ3n) is 4.03. The number of amidine groups is 1. The summed E-state index contributed by atoms with van der Waals surface area (Å²) in [5.41, 5.74) is 8.69. The summed E-state index contributed by atoms with van der Waals surface area (Å²) in [5, 5.41) is 3.80. The van der Waals surface area contributed by atoms with Gasteiger partial charge in [0.15, 0.2) is 0 Å². The van der Waals surface area contributed by atoms with Crippen molar-refractivity contribution in [3.8, 4) is 11.4 Å². The summed E-state index contributed by atoms with van der Waals surface area (Å²) < 4.78 is 0. The van der Waals surface area contributed by atoms with Gasteiger partial charge in [-0.2, -0.15) is 0 Å². The van der Waals surface area contributed by atoms with Gasteiger partial charge in [-0.25, -0.2) is 4.98 Å². The molecule has 3 aromatic rings. The number of nitrogens with one attached hydrogen (secondary N) is 2. The predicted octanol–water partition coefficient (Wildman–Crippen LogP) is 4.42. The number of carbonyl (C=O) groups is 1. The number of aromatic nitrogens is 2. The number of hydrogen-bond acceptors (Lipinski definition) is 3. The average molecular weight is 418 g/mol. The first kappa shape index (κ1) is 20.2. The molecule has 28 heavy (non-hydrogen) atoms. The zero-order valence-electron chi connectivity index (χ0n) is 15.6. The molecule has 0 bridgehead atoms. The van der Waals surface area contributed by atoms with Crippen LogP contribution in [0.5, 0.6) is 0 Å². The van der Waals surface area contributed by atoms with Crippen LogP contribution in [-0.2, 0) is 0 Å². The van der Waals surface area contributed by atoms with E-state index in [2.05, 4.69) is 20.3 Å². The fourth-order valence-electron chi connectivity index (χ4n) is 2.73. The molecule has 1 heterocycles. The van der Waals surface area contributed by atoms with Crippen LogP contribution in [-0.4, -0.2) is 34.3 Å². The van der Waals surface area contributed by atoms with Gasteiger partial charge >= 0.3 is 0 Å². The molecule has 0 radical (unpaired) electrons. The van der Waals surface area contributed by atoms with Crippen LogP contribution in [0.4, 0.5) is 0 Å². The molecule has 0 unspecified atom stereocenters. The Bertz CT molecular complexity index is 1040. The van der Waals surface area contributed by atoms with E-state index in [0.717, 1.165) is 16.6 Å². The lowest BCUT2D eigenvalue weighted by atomic mass is 10.2. The second-order valence-corrected chi connectivity index (χ2v) is 7.48. The third-order valence-corrected chi connectivity index (χ3v) is 4.77. The highest BCUT2D eigenvalue weighted by Gasteiger charge is 2.11. The smallest absolute Gasteiger partial charge is 0.251 e. The molecule has 3 rings (SSSR count). The molecule has 1 amide bonds. The van der Waals surface area contributed by atoms with Gasteiger partial charge in [-0.15, -0.1) is 0 Å². The Balaban J connectivity index is 1.73. The minimum Gasteiger partial charge on any atom is -0.387 e. The normalized spacial score (nSPS) is 12.0. The number of H-pyrrole nitrogens is 1. The average Bonchev–Trinajstić information content (AvgIpc) is 3.06. The van der Waals surface area contributed by atoms with E-state index in [9.17, 15) is 4.79 Å². The van der Waals surface area contributed by atoms with E-state index in [0.29, 0.717) is 40.2 Å². The van der Waals surface area contributed by atoms with Gasteiger partial charge in [0.2, 0.25) is 0 Å². The number of fused-ring (bicyclic) bond motifs is 1. The summed E-state index contributed by atoms with van der Waals surface area (Å²) in [7, 11) is 0. The lowest BCUT2D eigenvalue weighted by Gasteiger charge is -2.06. The first-order valence-corrected chi connectivity index (χ1v) is 9.64. The van der Waals surface area contributed by atoms with Crippen LogP contribution in [0.25, 0.3) is 22.4 Å². The number of aromatic amines is 1. The van der Waals surface area contributed by atoms with Crippen LogP contribution in [0.2, 0.25) is 10.0 Å². The van der Waals surface area contributed by atoms with Crippen molar-refractivity contribution in [1.29, 1.82) is 0 Å². The van der Waals surface area contributed by atoms with Crippen LogP contribution in [0.15, 0.2) is 41.4 Å². The first-order valence-electron chi connectivity index (χ1n) is 8.89. The third kappa shape index (κ3) is 4.82. The summed E-state index contributed by atoms with van der Waals surface area (Å²) >= 11 is 12.0. The van der Waals surface area contributed by atoms with E-state index in [1.807, 2.05) is 19.9 Å². The number of halogens is 2. The minimum atomic E-state index is -0.176. The molecule has 4 N–H and O–H groups in total. The van der Waals surface area contributed by atoms with Crippen LogP contribution in [0.1, 0.15) is 30.6 Å². The second-order valence-electron chi connectivity index (χ2n) is 6.67. The van der Waals surface area contributed by atoms with Gasteiger partial charge < -0.3 is 16.0 Å². The highest BCUT2D eigenvalue weighted by atomic mass is 35.5. The van der Waals surface area contributed by atoms with Crippen molar-refractivity contribution in [2.75, 3.05) is 6.54 Å². The van der Waals surface area contributed by atoms with Gasteiger partial charge in [0.1, 0.15) is 5.82 Å². The standard InChI is InChI=1S/C20H21Cl2N5O/c1-11(2)25-18(23)7-8-24-20(28)13-4-6-16-17(10-13)27-19(26-16)12-3-5-14(21)15(22)9-12/h3-6,9-11H,7-8H2,1-2H3,(H2,23,25)(H,24,28)(H,26,27). The maximum Gasteiger partial charge on any atom is 0.251 e. The van der Waals surface area contributed by atoms with Gasteiger partial charge in [-0.3, -0.25) is 9.79 Å². The van der Waals surface area contributed by atoms with Crippen molar-refractivity contribution < 1.29 is 4.79 Å². The highest BCUT2D eigenvalue weighted by molar-refractivity contribution is 6.42. The number of benzene rings is 2. The molecule has 0 aliphatic heterocycles. The van der Waals surface area contributed by atoms with E-state index in [1.54, 1.807) is 30.3 Å². The van der Waals surface area contributed by atoms with E-state index >= 15 is 0 Å². The maximum atomic E-state index is 12.4. The van der Waals surface area contributed by atoms with E-state index in [1.165, 1.54) is 0 Å². The van der Waals surface area contributed by atoms with E-state index in [-0.39, 0.29) is 11.9 Å². The molecule has 0 atom stereocenters. The van der Waals surface area contributed by atoms with Gasteiger partial charge in [0.05, 0.1) is 26.9 Å². The summed E-state index contributed by atoms with van der Waals surface area (Å²) in [5.74, 6) is 1.01. The molecule has 0 fully saturated rings. The molecule has 2 aromatic carbocycles. The molecule has 6 nitrogen and oxygen atoms in total. The van der Waals surface area contributed by atoms with Crippen molar-refractivity contribution in [3.63, 3.8) is 0 Å². The SMILES string of the molecule is CC(C)N=C(N)CCNC(=O)c1ccc2nc(-c3ccc(Cl)c(Cl)c3)[nH]c2c1. The first-order chi connectivity index (χ1) is 13.3. The molecule has 8 heteroatoms. The summed E-state index contributed by atoms with van der Waals surface area (Å²) in [6.07, 6.45) is 0.512. The minimum absolute atomic E-state index is 0.142. The number of rotatable bonds is 6. The number of aliphatic imine (C=N–C) groups is 1. The summed E-state index contributed by atoms with van der Waals surface area (Å²) in [4.78, 5) is 24.4. The quantitative estimate of drug-likeness (QED) is 0.408. The molecule has 0 aliphatic rings. The zero-order valence-corrected chi connectivity index (χ0v) is 17.1. The molecule has 0 spiro atoms. The Morgan fingerprint density at radius 1 is 1.21 bits per heavy atom. The summed E-state index contributed by atoms with van der Waals surface area (Å²) in [6.45, 7) is 4.34.